The van der Waals surface area contributed by atoms with Gasteiger partial charge in [-0.25, -0.2) is 0 Å². The van der Waals surface area contributed by atoms with Crippen molar-refractivity contribution >= 4 is 29.1 Å². The molecule has 0 aliphatic heterocycles. The number of unbranched alkanes of at least 4 members (excludes halogenated alkanes) is 1. The molecule has 0 atom stereocenters. The third-order valence-electron chi connectivity index (χ3n) is 3.08. The smallest absolute Gasteiger partial charge is 0.225 e. The predicted octanol–water partition coefficient (Wildman–Crippen LogP) is 3.87. The molecule has 22 heavy (non-hydrogen) atoms. The van der Waals surface area contributed by atoms with Crippen LogP contribution in [-0.2, 0) is 11.3 Å². The van der Waals surface area contributed by atoms with Crippen LogP contribution >= 0.6 is 11.6 Å². The minimum atomic E-state index is -0.0296. The molecule has 2 aromatic rings. The number of benzene rings is 1. The second-order valence-corrected chi connectivity index (χ2v) is 5.37. The van der Waals surface area contributed by atoms with Crippen LogP contribution in [0, 0.1) is 0 Å². The maximum atomic E-state index is 11.6. The first-order valence-corrected chi connectivity index (χ1v) is 7.67. The van der Waals surface area contributed by atoms with E-state index < -0.39 is 0 Å². The minimum absolute atomic E-state index is 0.0296. The van der Waals surface area contributed by atoms with Gasteiger partial charge in [-0.15, -0.1) is 10.2 Å². The minimum Gasteiger partial charge on any atom is -0.365 e. The highest BCUT2D eigenvalue weighted by molar-refractivity contribution is 6.30. The van der Waals surface area contributed by atoms with Crippen LogP contribution in [0.3, 0.4) is 0 Å². The Morgan fingerprint density at radius 1 is 1.09 bits per heavy atom. The molecule has 0 radical (unpaired) electrons. The van der Waals surface area contributed by atoms with Gasteiger partial charge in [0, 0.05) is 18.0 Å². The van der Waals surface area contributed by atoms with Crippen molar-refractivity contribution in [3.63, 3.8) is 0 Å². The fourth-order valence-electron chi connectivity index (χ4n) is 1.83. The van der Waals surface area contributed by atoms with Gasteiger partial charge in [-0.2, -0.15) is 0 Å². The Hall–Kier alpha value is -2.14. The summed E-state index contributed by atoms with van der Waals surface area (Å²) in [7, 11) is 0. The maximum absolute atomic E-state index is 11.6. The van der Waals surface area contributed by atoms with Gasteiger partial charge in [0.2, 0.25) is 5.91 Å². The van der Waals surface area contributed by atoms with Gasteiger partial charge in [-0.1, -0.05) is 37.1 Å². The molecule has 0 unspecified atom stereocenters. The zero-order valence-corrected chi connectivity index (χ0v) is 13.2. The number of carbonyl (C=O) groups excluding carboxylic acids is 1. The Morgan fingerprint density at radius 2 is 1.77 bits per heavy atom. The van der Waals surface area contributed by atoms with Gasteiger partial charge in [0.1, 0.15) is 5.82 Å². The molecule has 0 aliphatic rings. The number of nitrogens with zero attached hydrogens (tertiary/aromatic N) is 2. The standard InChI is InChI=1S/C16H19ClN4O/c1-2-3-4-16(22)19-15-10-9-14(20-21-15)18-11-12-5-7-13(17)8-6-12/h5-10H,2-4,11H2,1H3,(H,18,20)(H,19,21,22). The monoisotopic (exact) mass is 318 g/mol. The van der Waals surface area contributed by atoms with E-state index in [1.54, 1.807) is 12.1 Å². The number of hydrogen-bond donors (Lipinski definition) is 2. The highest BCUT2D eigenvalue weighted by atomic mass is 35.5. The molecule has 1 heterocycles. The van der Waals surface area contributed by atoms with Gasteiger partial charge in [-0.3, -0.25) is 4.79 Å². The number of rotatable bonds is 7. The van der Waals surface area contributed by atoms with Crippen molar-refractivity contribution < 1.29 is 4.79 Å². The van der Waals surface area contributed by atoms with E-state index in [4.69, 9.17) is 11.6 Å². The summed E-state index contributed by atoms with van der Waals surface area (Å²) in [6.07, 6.45) is 2.38. The molecule has 0 saturated heterocycles. The lowest BCUT2D eigenvalue weighted by atomic mass is 10.2. The van der Waals surface area contributed by atoms with Crippen LogP contribution in [0.15, 0.2) is 36.4 Å². The molecule has 0 saturated carbocycles. The first kappa shape index (κ1) is 16.2. The maximum Gasteiger partial charge on any atom is 0.225 e. The van der Waals surface area contributed by atoms with E-state index in [2.05, 4.69) is 20.8 Å². The summed E-state index contributed by atoms with van der Waals surface area (Å²) in [6.45, 7) is 2.68. The van der Waals surface area contributed by atoms with E-state index in [1.165, 1.54) is 0 Å². The Bertz CT molecular complexity index is 599. The summed E-state index contributed by atoms with van der Waals surface area (Å²) < 4.78 is 0. The van der Waals surface area contributed by atoms with Crippen molar-refractivity contribution in [3.05, 3.63) is 47.0 Å². The molecular formula is C16H19ClN4O. The van der Waals surface area contributed by atoms with Crippen LogP contribution in [0.2, 0.25) is 5.02 Å². The fraction of sp³-hybridized carbons (Fsp3) is 0.312. The number of halogens is 1. The Morgan fingerprint density at radius 3 is 2.41 bits per heavy atom. The quantitative estimate of drug-likeness (QED) is 0.813. The van der Waals surface area contributed by atoms with Crippen LogP contribution in [0.1, 0.15) is 31.7 Å². The van der Waals surface area contributed by atoms with Crippen molar-refractivity contribution in [2.45, 2.75) is 32.7 Å². The SMILES string of the molecule is CCCCC(=O)Nc1ccc(NCc2ccc(Cl)cc2)nn1. The van der Waals surface area contributed by atoms with Gasteiger partial charge in [-0.05, 0) is 36.2 Å². The Labute approximate surface area is 135 Å². The molecule has 1 aromatic carbocycles. The first-order valence-electron chi connectivity index (χ1n) is 7.29. The molecule has 0 spiro atoms. The highest BCUT2D eigenvalue weighted by Crippen LogP contribution is 2.12. The third kappa shape index (κ3) is 5.33. The third-order valence-corrected chi connectivity index (χ3v) is 3.33. The zero-order valence-electron chi connectivity index (χ0n) is 12.5. The van der Waals surface area contributed by atoms with Crippen LogP contribution < -0.4 is 10.6 Å². The van der Waals surface area contributed by atoms with Crippen molar-refractivity contribution in [2.24, 2.45) is 0 Å². The summed E-state index contributed by atoms with van der Waals surface area (Å²) in [6, 6.07) is 11.1. The summed E-state index contributed by atoms with van der Waals surface area (Å²) in [5.41, 5.74) is 1.10. The molecule has 0 fully saturated rings. The molecule has 6 heteroatoms. The summed E-state index contributed by atoms with van der Waals surface area (Å²) in [4.78, 5) is 11.6. The summed E-state index contributed by atoms with van der Waals surface area (Å²) in [5.74, 6) is 1.10. The van der Waals surface area contributed by atoms with Crippen molar-refractivity contribution in [3.8, 4) is 0 Å². The Kier molecular flexibility index (Phi) is 6.15. The van der Waals surface area contributed by atoms with Crippen LogP contribution in [0.5, 0.6) is 0 Å². The Balaban J connectivity index is 1.83. The van der Waals surface area contributed by atoms with E-state index >= 15 is 0 Å². The summed E-state index contributed by atoms with van der Waals surface area (Å²) >= 11 is 5.84. The van der Waals surface area contributed by atoms with Gasteiger partial charge < -0.3 is 10.6 Å². The van der Waals surface area contributed by atoms with E-state index in [0.29, 0.717) is 29.6 Å². The van der Waals surface area contributed by atoms with Crippen molar-refractivity contribution in [1.82, 2.24) is 10.2 Å². The second kappa shape index (κ2) is 8.34. The second-order valence-electron chi connectivity index (χ2n) is 4.94. The molecule has 116 valence electrons. The molecule has 1 amide bonds. The van der Waals surface area contributed by atoms with Gasteiger partial charge in [0.15, 0.2) is 5.82 Å². The highest BCUT2D eigenvalue weighted by Gasteiger charge is 2.03. The van der Waals surface area contributed by atoms with E-state index in [-0.39, 0.29) is 5.91 Å². The number of hydrogen-bond acceptors (Lipinski definition) is 4. The van der Waals surface area contributed by atoms with Crippen molar-refractivity contribution in [2.75, 3.05) is 10.6 Å². The van der Waals surface area contributed by atoms with E-state index in [0.717, 1.165) is 18.4 Å². The van der Waals surface area contributed by atoms with Gasteiger partial charge >= 0.3 is 0 Å². The molecular weight excluding hydrogens is 300 g/mol. The lowest BCUT2D eigenvalue weighted by molar-refractivity contribution is -0.116. The number of anilines is 2. The number of nitrogens with one attached hydrogen (secondary N) is 2. The van der Waals surface area contributed by atoms with Gasteiger partial charge in [0.05, 0.1) is 0 Å². The topological polar surface area (TPSA) is 66.9 Å². The number of aromatic nitrogens is 2. The molecule has 2 rings (SSSR count). The summed E-state index contributed by atoms with van der Waals surface area (Å²) in [5, 5.41) is 14.6. The van der Waals surface area contributed by atoms with E-state index in [1.807, 2.05) is 31.2 Å². The molecule has 0 bridgehead atoms. The largest absolute Gasteiger partial charge is 0.365 e. The van der Waals surface area contributed by atoms with Crippen LogP contribution in [0.4, 0.5) is 11.6 Å². The lowest BCUT2D eigenvalue weighted by Crippen LogP contribution is -2.13. The lowest BCUT2D eigenvalue weighted by Gasteiger charge is -2.07. The molecule has 1 aromatic heterocycles. The molecule has 2 N–H and O–H groups in total. The predicted molar refractivity (Wildman–Crippen MR) is 89.0 cm³/mol. The fourth-order valence-corrected chi connectivity index (χ4v) is 1.96. The molecule has 5 nitrogen and oxygen atoms in total. The van der Waals surface area contributed by atoms with Crippen LogP contribution in [-0.4, -0.2) is 16.1 Å². The number of carbonyl (C=O) groups is 1. The van der Waals surface area contributed by atoms with Gasteiger partial charge in [0.25, 0.3) is 0 Å². The first-order chi connectivity index (χ1) is 10.7. The normalized spacial score (nSPS) is 10.3. The van der Waals surface area contributed by atoms with E-state index in [9.17, 15) is 4.79 Å². The molecule has 0 aliphatic carbocycles. The van der Waals surface area contributed by atoms with Crippen LogP contribution in [0.25, 0.3) is 0 Å². The number of amides is 1. The average Bonchev–Trinajstić information content (AvgIpc) is 2.54. The zero-order chi connectivity index (χ0) is 15.8. The average molecular weight is 319 g/mol. The van der Waals surface area contributed by atoms with Crippen molar-refractivity contribution in [1.29, 1.82) is 0 Å².